The summed E-state index contributed by atoms with van der Waals surface area (Å²) >= 11 is 0. The van der Waals surface area contributed by atoms with E-state index < -0.39 is 84.8 Å². The zero-order valence-electron chi connectivity index (χ0n) is 18.5. The standard InChI is InChI=1S/C22H26O13/c1-21(32,9-16(26)27)10-18(29)35-19-14(25)7-22(33,20(30)31)8-15(19)34-17(28)5-3-11-2-4-12(23)13(24)6-11/h2-6,14-15,19,23-25,32-33H,7-10H2,1H3,(H,26,27)(H,30,31)/b5-3+/t14-,15-,19-,21?,22+/m1/s1. The van der Waals surface area contributed by atoms with Crippen LogP contribution in [0.5, 0.6) is 11.5 Å². The van der Waals surface area contributed by atoms with Crippen molar-refractivity contribution in [3.63, 3.8) is 0 Å². The van der Waals surface area contributed by atoms with Crippen LogP contribution in [-0.2, 0) is 28.7 Å². The molecule has 1 aromatic carbocycles. The first-order valence-electron chi connectivity index (χ1n) is 10.3. The molecular weight excluding hydrogens is 472 g/mol. The number of carbonyl (C=O) groups excluding carboxylic acids is 2. The van der Waals surface area contributed by atoms with Gasteiger partial charge in [-0.15, -0.1) is 0 Å². The maximum absolute atomic E-state index is 12.3. The minimum atomic E-state index is -2.51. The number of aliphatic hydroxyl groups is 3. The predicted octanol–water partition coefficient (Wildman–Crippen LogP) is -0.479. The molecule has 1 aliphatic rings. The normalized spacial score (nSPS) is 26.0. The zero-order chi connectivity index (χ0) is 26.6. The highest BCUT2D eigenvalue weighted by molar-refractivity contribution is 5.87. The number of esters is 2. The van der Waals surface area contributed by atoms with E-state index >= 15 is 0 Å². The Morgan fingerprint density at radius 1 is 1.09 bits per heavy atom. The van der Waals surface area contributed by atoms with Crippen molar-refractivity contribution >= 4 is 30.0 Å². The van der Waals surface area contributed by atoms with Crippen LogP contribution in [0.25, 0.3) is 6.08 Å². The minimum Gasteiger partial charge on any atom is -0.504 e. The SMILES string of the molecule is CC(O)(CC(=O)O)CC(=O)O[C@@H]1[C@H](O)C[C@@](O)(C(=O)O)C[C@H]1OC(=O)/C=C/c1ccc(O)c(O)c1. The topological polar surface area (TPSA) is 228 Å². The molecule has 5 atom stereocenters. The lowest BCUT2D eigenvalue weighted by Gasteiger charge is -2.41. The first kappa shape index (κ1) is 27.6. The monoisotopic (exact) mass is 498 g/mol. The Balaban J connectivity index is 2.19. The molecule has 0 radical (unpaired) electrons. The fraction of sp³-hybridized carbons (Fsp3) is 0.455. The summed E-state index contributed by atoms with van der Waals surface area (Å²) in [5.41, 5.74) is -4.21. The summed E-state index contributed by atoms with van der Waals surface area (Å²) in [6.07, 6.45) is -6.06. The maximum atomic E-state index is 12.3. The van der Waals surface area contributed by atoms with Crippen molar-refractivity contribution in [3.8, 4) is 11.5 Å². The van der Waals surface area contributed by atoms with E-state index in [1.54, 1.807) is 0 Å². The Kier molecular flexibility index (Phi) is 8.44. The van der Waals surface area contributed by atoms with Crippen LogP contribution in [0.4, 0.5) is 0 Å². The van der Waals surface area contributed by atoms with Crippen LogP contribution in [0.15, 0.2) is 24.3 Å². The van der Waals surface area contributed by atoms with Crippen LogP contribution < -0.4 is 0 Å². The van der Waals surface area contributed by atoms with Gasteiger partial charge < -0.3 is 45.2 Å². The van der Waals surface area contributed by atoms with E-state index in [2.05, 4.69) is 0 Å². The predicted molar refractivity (Wildman–Crippen MR) is 114 cm³/mol. The van der Waals surface area contributed by atoms with Gasteiger partial charge in [0.25, 0.3) is 0 Å². The Morgan fingerprint density at radius 2 is 1.74 bits per heavy atom. The molecule has 0 spiro atoms. The Labute approximate surface area is 198 Å². The van der Waals surface area contributed by atoms with E-state index in [1.165, 1.54) is 18.2 Å². The molecule has 0 aromatic heterocycles. The highest BCUT2D eigenvalue weighted by atomic mass is 16.6. The molecule has 0 saturated heterocycles. The third kappa shape index (κ3) is 7.67. The van der Waals surface area contributed by atoms with Crippen molar-refractivity contribution in [1.29, 1.82) is 0 Å². The van der Waals surface area contributed by atoms with Crippen molar-refractivity contribution < 1.29 is 64.4 Å². The van der Waals surface area contributed by atoms with E-state index in [0.29, 0.717) is 0 Å². The van der Waals surface area contributed by atoms with Crippen LogP contribution in [0.2, 0.25) is 0 Å². The van der Waals surface area contributed by atoms with Gasteiger partial charge in [-0.3, -0.25) is 9.59 Å². The van der Waals surface area contributed by atoms with Gasteiger partial charge in [0.05, 0.1) is 24.5 Å². The van der Waals surface area contributed by atoms with Gasteiger partial charge in [-0.1, -0.05) is 6.07 Å². The number of aliphatic carboxylic acids is 2. The van der Waals surface area contributed by atoms with Gasteiger partial charge in [-0.2, -0.15) is 0 Å². The summed E-state index contributed by atoms with van der Waals surface area (Å²) in [4.78, 5) is 46.9. The molecule has 0 amide bonds. The minimum absolute atomic E-state index is 0.284. The van der Waals surface area contributed by atoms with E-state index in [9.17, 15) is 49.8 Å². The molecule has 1 saturated carbocycles. The quantitative estimate of drug-likeness (QED) is 0.130. The number of aliphatic hydroxyl groups excluding tert-OH is 1. The maximum Gasteiger partial charge on any atom is 0.335 e. The van der Waals surface area contributed by atoms with Crippen molar-refractivity contribution in [2.24, 2.45) is 0 Å². The van der Waals surface area contributed by atoms with Gasteiger partial charge in [0.15, 0.2) is 23.2 Å². The Bertz CT molecular complexity index is 1010. The van der Waals surface area contributed by atoms with Crippen LogP contribution in [-0.4, -0.2) is 89.1 Å². The van der Waals surface area contributed by atoms with E-state index in [-0.39, 0.29) is 11.3 Å². The second kappa shape index (κ2) is 10.7. The lowest BCUT2D eigenvalue weighted by atomic mass is 9.79. The van der Waals surface area contributed by atoms with Crippen molar-refractivity contribution in [3.05, 3.63) is 29.8 Å². The number of hydrogen-bond donors (Lipinski definition) is 7. The fourth-order valence-electron chi connectivity index (χ4n) is 3.57. The highest BCUT2D eigenvalue weighted by Crippen LogP contribution is 2.34. The average molecular weight is 498 g/mol. The summed E-state index contributed by atoms with van der Waals surface area (Å²) in [6.45, 7) is 1.08. The molecule has 1 aromatic rings. The number of carboxylic acids is 2. The molecule has 13 heteroatoms. The molecule has 2 rings (SSSR count). The molecule has 1 aliphatic carbocycles. The van der Waals surface area contributed by atoms with Crippen LogP contribution in [0.3, 0.4) is 0 Å². The molecule has 13 nitrogen and oxygen atoms in total. The van der Waals surface area contributed by atoms with Gasteiger partial charge in [0, 0.05) is 18.9 Å². The third-order valence-electron chi connectivity index (χ3n) is 5.23. The smallest absolute Gasteiger partial charge is 0.335 e. The van der Waals surface area contributed by atoms with Gasteiger partial charge in [-0.25, -0.2) is 9.59 Å². The van der Waals surface area contributed by atoms with Crippen molar-refractivity contribution in [2.45, 2.75) is 62.1 Å². The number of phenols is 2. The van der Waals surface area contributed by atoms with E-state index in [4.69, 9.17) is 14.6 Å². The molecule has 1 fully saturated rings. The molecule has 35 heavy (non-hydrogen) atoms. The average Bonchev–Trinajstić information content (AvgIpc) is 2.70. The number of hydrogen-bond acceptors (Lipinski definition) is 11. The second-order valence-corrected chi connectivity index (χ2v) is 8.57. The van der Waals surface area contributed by atoms with Gasteiger partial charge in [-0.05, 0) is 30.7 Å². The first-order valence-corrected chi connectivity index (χ1v) is 10.3. The van der Waals surface area contributed by atoms with Crippen LogP contribution in [0.1, 0.15) is 38.2 Å². The third-order valence-corrected chi connectivity index (χ3v) is 5.23. The largest absolute Gasteiger partial charge is 0.504 e. The summed E-state index contributed by atoms with van der Waals surface area (Å²) in [7, 11) is 0. The Morgan fingerprint density at radius 3 is 2.31 bits per heavy atom. The molecule has 0 aliphatic heterocycles. The van der Waals surface area contributed by atoms with Gasteiger partial charge in [0.1, 0.15) is 6.10 Å². The molecule has 1 unspecified atom stereocenters. The van der Waals surface area contributed by atoms with E-state index in [1.807, 2.05) is 0 Å². The number of phenolic OH excluding ortho intramolecular Hbond substituents is 2. The molecule has 192 valence electrons. The number of carbonyl (C=O) groups is 4. The lowest BCUT2D eigenvalue weighted by molar-refractivity contribution is -0.208. The molecular formula is C22H26O13. The van der Waals surface area contributed by atoms with Gasteiger partial charge >= 0.3 is 23.9 Å². The number of rotatable bonds is 9. The van der Waals surface area contributed by atoms with Crippen LogP contribution in [0, 0.1) is 0 Å². The first-order chi connectivity index (χ1) is 16.1. The fourth-order valence-corrected chi connectivity index (χ4v) is 3.57. The summed E-state index contributed by atoms with van der Waals surface area (Å²) < 4.78 is 10.2. The number of aromatic hydroxyl groups is 2. The van der Waals surface area contributed by atoms with Gasteiger partial charge in [0.2, 0.25) is 0 Å². The van der Waals surface area contributed by atoms with Crippen molar-refractivity contribution in [2.75, 3.05) is 0 Å². The second-order valence-electron chi connectivity index (χ2n) is 8.57. The van der Waals surface area contributed by atoms with Crippen molar-refractivity contribution in [1.82, 2.24) is 0 Å². The highest BCUT2D eigenvalue weighted by Gasteiger charge is 2.52. The number of ether oxygens (including phenoxy) is 2. The number of benzene rings is 1. The molecule has 7 N–H and O–H groups in total. The summed E-state index contributed by atoms with van der Waals surface area (Å²) in [5, 5.41) is 67.7. The number of carboxylic acid groups (broad SMARTS) is 2. The van der Waals surface area contributed by atoms with E-state index in [0.717, 1.165) is 19.1 Å². The van der Waals surface area contributed by atoms with Crippen LogP contribution >= 0.6 is 0 Å². The lowest BCUT2D eigenvalue weighted by Crippen LogP contribution is -2.58. The zero-order valence-corrected chi connectivity index (χ0v) is 18.5. The summed E-state index contributed by atoms with van der Waals surface area (Å²) in [5.74, 6) is -6.16. The summed E-state index contributed by atoms with van der Waals surface area (Å²) in [6, 6.07) is 3.67. The Hall–Kier alpha value is -3.68. The molecule has 0 bridgehead atoms. The molecule has 0 heterocycles.